The summed E-state index contributed by atoms with van der Waals surface area (Å²) in [6, 6.07) is 7.15. The molecule has 1 aromatic rings. The monoisotopic (exact) mass is 505 g/mol. The molecule has 3 nitrogen and oxygen atoms in total. The lowest BCUT2D eigenvalue weighted by atomic mass is 9.46. The molecule has 0 bridgehead atoms. The summed E-state index contributed by atoms with van der Waals surface area (Å²) in [4.78, 5) is 12.8. The minimum Gasteiger partial charge on any atom is -0.459 e. The average Bonchev–Trinajstić information content (AvgIpc) is 3.21. The first-order valence-electron chi connectivity index (χ1n) is 15.4. The third-order valence-electron chi connectivity index (χ3n) is 11.7. The maximum Gasteiger partial charge on any atom is 0.338 e. The summed E-state index contributed by atoms with van der Waals surface area (Å²) in [5, 5.41) is 0. The highest BCUT2D eigenvalue weighted by Gasteiger charge is 2.59. The molecule has 2 N–H and O–H groups in total. The van der Waals surface area contributed by atoms with E-state index in [9.17, 15) is 4.79 Å². The van der Waals surface area contributed by atoms with Crippen LogP contribution in [-0.4, -0.2) is 12.1 Å². The van der Waals surface area contributed by atoms with Gasteiger partial charge >= 0.3 is 5.97 Å². The van der Waals surface area contributed by atoms with Crippen LogP contribution in [0.2, 0.25) is 0 Å². The minimum absolute atomic E-state index is 0.00427. The highest BCUT2D eigenvalue weighted by Crippen LogP contribution is 2.67. The summed E-state index contributed by atoms with van der Waals surface area (Å²) in [7, 11) is 0. The van der Waals surface area contributed by atoms with Gasteiger partial charge in [0.25, 0.3) is 0 Å². The molecule has 9 unspecified atom stereocenters. The van der Waals surface area contributed by atoms with Crippen LogP contribution in [0.4, 0.5) is 5.69 Å². The lowest BCUT2D eigenvalue weighted by molar-refractivity contribution is -0.0844. The van der Waals surface area contributed by atoms with Gasteiger partial charge in [-0.3, -0.25) is 0 Å². The quantitative estimate of drug-likeness (QED) is 0.229. The predicted octanol–water partition coefficient (Wildman–Crippen LogP) is 8.69. The van der Waals surface area contributed by atoms with Crippen molar-refractivity contribution in [1.82, 2.24) is 0 Å². The van der Waals surface area contributed by atoms with Crippen LogP contribution in [0.3, 0.4) is 0 Å². The highest BCUT2D eigenvalue weighted by molar-refractivity contribution is 5.90. The Kier molecular flexibility index (Phi) is 7.55. The van der Waals surface area contributed by atoms with Gasteiger partial charge in [-0.05, 0) is 115 Å². The van der Waals surface area contributed by atoms with E-state index < -0.39 is 0 Å². The molecule has 0 aromatic heterocycles. The van der Waals surface area contributed by atoms with Crippen LogP contribution in [0.25, 0.3) is 0 Å². The Morgan fingerprint density at radius 1 is 1.00 bits per heavy atom. The second-order valence-electron chi connectivity index (χ2n) is 14.2. The van der Waals surface area contributed by atoms with E-state index in [4.69, 9.17) is 10.5 Å². The molecule has 0 heterocycles. The zero-order chi connectivity index (χ0) is 26.4. The first-order valence-corrected chi connectivity index (χ1v) is 15.4. The molecule has 3 fully saturated rings. The molecule has 4 aliphatic carbocycles. The standard InChI is InChI=1S/C34H51NO2/c1-22(2)8-6-9-23(3)29-14-15-30-28-13-12-25-21-27(37-32(36)24-10-7-11-26(35)20-24)16-18-33(25,4)31(28)17-19-34(29,30)5/h7,10-13,20,22-23,25,27-31H,6,8-9,14-19,21,35H2,1-5H3. The fourth-order valence-electron chi connectivity index (χ4n) is 9.60. The van der Waals surface area contributed by atoms with Gasteiger partial charge in [-0.1, -0.05) is 72.1 Å². The molecule has 0 aliphatic heterocycles. The van der Waals surface area contributed by atoms with Crippen molar-refractivity contribution in [3.8, 4) is 0 Å². The normalized spacial score (nSPS) is 39.5. The van der Waals surface area contributed by atoms with Crippen LogP contribution in [-0.2, 0) is 4.74 Å². The summed E-state index contributed by atoms with van der Waals surface area (Å²) in [6.45, 7) is 12.5. The van der Waals surface area contributed by atoms with Gasteiger partial charge in [0.1, 0.15) is 6.10 Å². The molecular formula is C34H51NO2. The molecule has 204 valence electrons. The second-order valence-corrected chi connectivity index (χ2v) is 14.2. The Morgan fingerprint density at radius 2 is 1.76 bits per heavy atom. The van der Waals surface area contributed by atoms with E-state index in [1.807, 2.05) is 6.07 Å². The minimum atomic E-state index is -0.230. The number of hydrogen-bond acceptors (Lipinski definition) is 3. The van der Waals surface area contributed by atoms with Crippen molar-refractivity contribution in [2.75, 3.05) is 5.73 Å². The van der Waals surface area contributed by atoms with Crippen molar-refractivity contribution in [3.63, 3.8) is 0 Å². The van der Waals surface area contributed by atoms with Gasteiger partial charge in [0.15, 0.2) is 0 Å². The first kappa shape index (κ1) is 26.8. The fraction of sp³-hybridized carbons (Fsp3) is 0.735. The molecular weight excluding hydrogens is 454 g/mol. The van der Waals surface area contributed by atoms with E-state index >= 15 is 0 Å². The van der Waals surface area contributed by atoms with Crippen molar-refractivity contribution < 1.29 is 9.53 Å². The molecule has 1 aromatic carbocycles. The fourth-order valence-corrected chi connectivity index (χ4v) is 9.60. The zero-order valence-corrected chi connectivity index (χ0v) is 24.0. The molecule has 4 aliphatic rings. The third-order valence-corrected chi connectivity index (χ3v) is 11.7. The van der Waals surface area contributed by atoms with Gasteiger partial charge in [0.2, 0.25) is 0 Å². The number of rotatable bonds is 7. The summed E-state index contributed by atoms with van der Waals surface area (Å²) in [6.07, 6.45) is 18.1. The molecule has 0 radical (unpaired) electrons. The van der Waals surface area contributed by atoms with Crippen LogP contribution < -0.4 is 5.73 Å². The molecule has 0 amide bonds. The number of carbonyl (C=O) groups is 1. The molecule has 5 rings (SSSR count). The Labute approximate surface area is 226 Å². The van der Waals surface area contributed by atoms with Crippen LogP contribution >= 0.6 is 0 Å². The maximum absolute atomic E-state index is 12.8. The molecule has 3 saturated carbocycles. The number of fused-ring (bicyclic) bond motifs is 5. The van der Waals surface area contributed by atoms with E-state index in [0.717, 1.165) is 54.8 Å². The van der Waals surface area contributed by atoms with E-state index in [-0.39, 0.29) is 12.1 Å². The van der Waals surface area contributed by atoms with Crippen LogP contribution in [0.1, 0.15) is 109 Å². The SMILES string of the molecule is CC(C)CCCC(C)C1CCC2C3C=CC4CC(OC(=O)c5cccc(N)c5)CCC4(C)C3CCC12C. The first-order chi connectivity index (χ1) is 17.6. The summed E-state index contributed by atoms with van der Waals surface area (Å²) < 4.78 is 6.01. The van der Waals surface area contributed by atoms with Crippen LogP contribution in [0.15, 0.2) is 36.4 Å². The molecule has 37 heavy (non-hydrogen) atoms. The van der Waals surface area contributed by atoms with E-state index in [0.29, 0.717) is 28.0 Å². The van der Waals surface area contributed by atoms with Gasteiger partial charge in [0, 0.05) is 5.69 Å². The van der Waals surface area contributed by atoms with Crippen molar-refractivity contribution >= 4 is 11.7 Å². The van der Waals surface area contributed by atoms with E-state index in [2.05, 4.69) is 46.8 Å². The van der Waals surface area contributed by atoms with Crippen molar-refractivity contribution in [3.05, 3.63) is 42.0 Å². The Hall–Kier alpha value is -1.77. The smallest absolute Gasteiger partial charge is 0.338 e. The maximum atomic E-state index is 12.8. The number of carbonyl (C=O) groups excluding carboxylic acids is 1. The lowest BCUT2D eigenvalue weighted by Crippen LogP contribution is -2.52. The second kappa shape index (κ2) is 10.4. The topological polar surface area (TPSA) is 52.3 Å². The van der Waals surface area contributed by atoms with Crippen molar-refractivity contribution in [1.29, 1.82) is 0 Å². The van der Waals surface area contributed by atoms with Gasteiger partial charge in [0.05, 0.1) is 5.56 Å². The van der Waals surface area contributed by atoms with Gasteiger partial charge in [-0.2, -0.15) is 0 Å². The molecule has 0 saturated heterocycles. The van der Waals surface area contributed by atoms with Crippen LogP contribution in [0.5, 0.6) is 0 Å². The molecule has 9 atom stereocenters. The van der Waals surface area contributed by atoms with Gasteiger partial charge < -0.3 is 10.5 Å². The number of anilines is 1. The Bertz CT molecular complexity index is 999. The number of nitrogen functional groups attached to an aromatic ring is 1. The summed E-state index contributed by atoms with van der Waals surface area (Å²) in [5.74, 6) is 5.21. The summed E-state index contributed by atoms with van der Waals surface area (Å²) in [5.41, 5.74) is 7.90. The number of nitrogens with two attached hydrogens (primary N) is 1. The van der Waals surface area contributed by atoms with Gasteiger partial charge in [-0.25, -0.2) is 4.79 Å². The average molecular weight is 506 g/mol. The van der Waals surface area contributed by atoms with Crippen molar-refractivity contribution in [2.45, 2.75) is 105 Å². The molecule has 0 spiro atoms. The zero-order valence-electron chi connectivity index (χ0n) is 24.0. The summed E-state index contributed by atoms with van der Waals surface area (Å²) >= 11 is 0. The third kappa shape index (κ3) is 5.01. The number of ether oxygens (including phenoxy) is 1. The Morgan fingerprint density at radius 3 is 2.51 bits per heavy atom. The number of esters is 1. The number of hydrogen-bond donors (Lipinski definition) is 1. The Balaban J connectivity index is 1.25. The lowest BCUT2D eigenvalue weighted by Gasteiger charge is -2.59. The number of allylic oxidation sites excluding steroid dienone is 2. The largest absolute Gasteiger partial charge is 0.459 e. The predicted molar refractivity (Wildman–Crippen MR) is 153 cm³/mol. The number of benzene rings is 1. The van der Waals surface area contributed by atoms with Crippen molar-refractivity contribution in [2.24, 2.45) is 52.3 Å². The van der Waals surface area contributed by atoms with Gasteiger partial charge in [-0.15, -0.1) is 0 Å². The van der Waals surface area contributed by atoms with E-state index in [1.54, 1.807) is 18.2 Å². The van der Waals surface area contributed by atoms with E-state index in [1.165, 1.54) is 44.9 Å². The molecule has 3 heteroatoms. The highest BCUT2D eigenvalue weighted by atomic mass is 16.5. The van der Waals surface area contributed by atoms with Crippen LogP contribution in [0, 0.1) is 52.3 Å².